The van der Waals surface area contributed by atoms with Gasteiger partial charge >= 0.3 is 12.4 Å². The molecule has 0 saturated carbocycles. The number of alkyl halides is 6. The molecule has 2 N–H and O–H groups in total. The summed E-state index contributed by atoms with van der Waals surface area (Å²) in [7, 11) is 0.944. The minimum absolute atomic E-state index is 0.0132. The smallest absolute Gasteiger partial charge is 0.356 e. The molecule has 9 heteroatoms. The maximum atomic E-state index is 13.3. The first kappa shape index (κ1) is 23.7. The van der Waals surface area contributed by atoms with Gasteiger partial charge < -0.3 is 15.2 Å². The summed E-state index contributed by atoms with van der Waals surface area (Å²) in [5, 5.41) is 0. The predicted molar refractivity (Wildman–Crippen MR) is 81.6 cm³/mol. The van der Waals surface area contributed by atoms with E-state index in [-0.39, 0.29) is 6.54 Å². The van der Waals surface area contributed by atoms with Gasteiger partial charge in [-0.25, -0.2) is 0 Å². The molecule has 1 atom stereocenters. The highest BCUT2D eigenvalue weighted by Crippen LogP contribution is 2.53. The zero-order valence-electron chi connectivity index (χ0n) is 14.5. The molecule has 0 heterocycles. The van der Waals surface area contributed by atoms with Gasteiger partial charge in [-0.2, -0.15) is 26.3 Å². The predicted octanol–water partition coefficient (Wildman–Crippen LogP) is 4.89. The molecular formula is C16H23F6NO2. The second-order valence-corrected chi connectivity index (χ2v) is 5.21. The van der Waals surface area contributed by atoms with Crippen molar-refractivity contribution in [2.45, 2.75) is 58.0 Å². The van der Waals surface area contributed by atoms with E-state index in [9.17, 15) is 26.3 Å². The van der Waals surface area contributed by atoms with Crippen molar-refractivity contribution in [2.24, 2.45) is 5.73 Å². The molecule has 0 aliphatic heterocycles. The van der Waals surface area contributed by atoms with Crippen molar-refractivity contribution in [3.8, 4) is 0 Å². The van der Waals surface area contributed by atoms with Crippen molar-refractivity contribution >= 4 is 0 Å². The fraction of sp³-hybridized carbons (Fsp3) is 0.625. The third-order valence-electron chi connectivity index (χ3n) is 3.07. The van der Waals surface area contributed by atoms with E-state index in [0.29, 0.717) is 17.7 Å². The molecule has 0 aliphatic carbocycles. The summed E-state index contributed by atoms with van der Waals surface area (Å²) in [6, 6.07) is 3.57. The summed E-state index contributed by atoms with van der Waals surface area (Å²) in [6.45, 7) is 5.18. The average Bonchev–Trinajstić information content (AvgIpc) is 2.50. The number of benzene rings is 1. The number of rotatable bonds is 5. The number of halogens is 6. The van der Waals surface area contributed by atoms with Crippen molar-refractivity contribution in [3.63, 3.8) is 0 Å². The lowest BCUT2D eigenvalue weighted by atomic mass is 9.91. The van der Waals surface area contributed by atoms with E-state index in [0.717, 1.165) is 26.2 Å². The Kier molecular flexibility index (Phi) is 8.90. The minimum atomic E-state index is -5.73. The monoisotopic (exact) mass is 375 g/mol. The Hall–Kier alpha value is -1.32. The largest absolute Gasteiger partial charge is 0.430 e. The third kappa shape index (κ3) is 5.58. The second-order valence-electron chi connectivity index (χ2n) is 5.21. The Balaban J connectivity index is 0.00000178. The van der Waals surface area contributed by atoms with Crippen LogP contribution in [0, 0.1) is 0 Å². The number of nitrogens with two attached hydrogens (primary N) is 1. The zero-order chi connectivity index (χ0) is 19.9. The Morgan fingerprint density at radius 1 is 0.960 bits per heavy atom. The van der Waals surface area contributed by atoms with Gasteiger partial charge in [0.15, 0.2) is 6.29 Å². The molecule has 0 bridgehead atoms. The van der Waals surface area contributed by atoms with Gasteiger partial charge in [0, 0.05) is 19.2 Å². The van der Waals surface area contributed by atoms with Crippen LogP contribution in [0.25, 0.3) is 0 Å². The van der Waals surface area contributed by atoms with E-state index >= 15 is 0 Å². The van der Waals surface area contributed by atoms with Crippen LogP contribution in [0.4, 0.5) is 26.3 Å². The zero-order valence-corrected chi connectivity index (χ0v) is 14.5. The van der Waals surface area contributed by atoms with E-state index < -0.39 is 29.8 Å². The summed E-state index contributed by atoms with van der Waals surface area (Å²) in [4.78, 5) is 0. The van der Waals surface area contributed by atoms with E-state index in [1.807, 2.05) is 0 Å². The molecule has 0 aliphatic rings. The van der Waals surface area contributed by atoms with Crippen LogP contribution in [0.5, 0.6) is 0 Å². The number of hydrogen-bond donors (Lipinski definition) is 1. The van der Waals surface area contributed by atoms with E-state index in [4.69, 9.17) is 5.73 Å². The van der Waals surface area contributed by atoms with Gasteiger partial charge in [-0.1, -0.05) is 44.5 Å². The molecule has 1 rings (SSSR count). The average molecular weight is 375 g/mol. The van der Waals surface area contributed by atoms with Crippen LogP contribution in [0.3, 0.4) is 0 Å². The number of hydrogen-bond acceptors (Lipinski definition) is 3. The van der Waals surface area contributed by atoms with Gasteiger partial charge in [-0.15, -0.1) is 0 Å². The third-order valence-corrected chi connectivity index (χ3v) is 3.07. The maximum Gasteiger partial charge on any atom is 0.430 e. The van der Waals surface area contributed by atoms with Crippen molar-refractivity contribution in [1.82, 2.24) is 0 Å². The van der Waals surface area contributed by atoms with E-state index in [2.05, 4.69) is 23.3 Å². The van der Waals surface area contributed by atoms with Crippen LogP contribution in [-0.4, -0.2) is 25.8 Å². The summed E-state index contributed by atoms with van der Waals surface area (Å²) < 4.78 is 88.6. The highest BCUT2D eigenvalue weighted by Gasteiger charge is 2.74. The molecule has 1 aromatic carbocycles. The van der Waals surface area contributed by atoms with Gasteiger partial charge in [0.25, 0.3) is 5.60 Å². The second kappa shape index (κ2) is 9.40. The van der Waals surface area contributed by atoms with Crippen molar-refractivity contribution in [1.29, 1.82) is 0 Å². The summed E-state index contributed by atoms with van der Waals surface area (Å²) in [5.41, 5.74) is 0.105. The SMILES string of the molecule is CCC.COC(C)OC(c1ccc(CN)cc1)(C(F)(F)F)C(F)(F)F. The van der Waals surface area contributed by atoms with Gasteiger partial charge in [0.1, 0.15) is 0 Å². The van der Waals surface area contributed by atoms with Gasteiger partial charge in [-0.3, -0.25) is 0 Å². The van der Waals surface area contributed by atoms with Crippen LogP contribution in [0.2, 0.25) is 0 Å². The van der Waals surface area contributed by atoms with Crippen molar-refractivity contribution in [2.75, 3.05) is 7.11 Å². The highest BCUT2D eigenvalue weighted by molar-refractivity contribution is 5.30. The topological polar surface area (TPSA) is 44.5 Å². The maximum absolute atomic E-state index is 13.3. The number of ether oxygens (including phenoxy) is 2. The van der Waals surface area contributed by atoms with Crippen LogP contribution >= 0.6 is 0 Å². The first-order valence-electron chi connectivity index (χ1n) is 7.54. The Morgan fingerprint density at radius 3 is 1.64 bits per heavy atom. The normalized spacial score (nSPS) is 13.9. The molecule has 0 saturated heterocycles. The van der Waals surface area contributed by atoms with E-state index in [1.54, 1.807) is 0 Å². The highest BCUT2D eigenvalue weighted by atomic mass is 19.4. The van der Waals surface area contributed by atoms with Crippen LogP contribution in [0.1, 0.15) is 38.3 Å². The fourth-order valence-electron chi connectivity index (χ4n) is 1.86. The molecule has 3 nitrogen and oxygen atoms in total. The molecule has 0 aromatic heterocycles. The molecule has 1 aromatic rings. The van der Waals surface area contributed by atoms with Gasteiger partial charge in [-0.05, 0) is 12.5 Å². The Labute approximate surface area is 143 Å². The Bertz CT molecular complexity index is 485. The molecular weight excluding hydrogens is 352 g/mol. The lowest BCUT2D eigenvalue weighted by Crippen LogP contribution is -2.57. The molecule has 0 spiro atoms. The number of methoxy groups -OCH3 is 1. The van der Waals surface area contributed by atoms with E-state index in [1.165, 1.54) is 6.42 Å². The van der Waals surface area contributed by atoms with Gasteiger partial charge in [0.05, 0.1) is 0 Å². The molecule has 0 amide bonds. The van der Waals surface area contributed by atoms with Crippen LogP contribution < -0.4 is 5.73 Å². The lowest BCUT2D eigenvalue weighted by Gasteiger charge is -2.38. The summed E-state index contributed by atoms with van der Waals surface area (Å²) >= 11 is 0. The van der Waals surface area contributed by atoms with Crippen LogP contribution in [-0.2, 0) is 21.6 Å². The first-order chi connectivity index (χ1) is 11.4. The summed E-state index contributed by atoms with van der Waals surface area (Å²) in [6.07, 6.45) is -11.9. The fourth-order valence-corrected chi connectivity index (χ4v) is 1.86. The van der Waals surface area contributed by atoms with Gasteiger partial charge in [0.2, 0.25) is 0 Å². The molecule has 25 heavy (non-hydrogen) atoms. The minimum Gasteiger partial charge on any atom is -0.356 e. The quantitative estimate of drug-likeness (QED) is 0.589. The first-order valence-corrected chi connectivity index (χ1v) is 7.54. The summed E-state index contributed by atoms with van der Waals surface area (Å²) in [5.74, 6) is 0. The molecule has 146 valence electrons. The molecule has 0 fully saturated rings. The Morgan fingerprint density at radius 2 is 1.36 bits per heavy atom. The van der Waals surface area contributed by atoms with Crippen molar-refractivity contribution < 1.29 is 35.8 Å². The van der Waals surface area contributed by atoms with Crippen LogP contribution in [0.15, 0.2) is 24.3 Å². The molecule has 0 radical (unpaired) electrons. The van der Waals surface area contributed by atoms with Crippen molar-refractivity contribution in [3.05, 3.63) is 35.4 Å². The standard InChI is InChI=1S/C13H15F6NO2.C3H8/c1-8(21-2)22-11(12(14,15)16,13(17,18)19)10-5-3-9(7-20)4-6-10;1-3-2/h3-6,8H,7,20H2,1-2H3;3H2,1-2H3. The lowest BCUT2D eigenvalue weighted by molar-refractivity contribution is -0.414. The molecule has 1 unspecified atom stereocenters.